The van der Waals surface area contributed by atoms with Crippen molar-refractivity contribution in [3.05, 3.63) is 0 Å². The van der Waals surface area contributed by atoms with E-state index in [0.29, 0.717) is 26.1 Å². The molecule has 7 heteroatoms. The van der Waals surface area contributed by atoms with Crippen molar-refractivity contribution < 1.29 is 19.4 Å². The Morgan fingerprint density at radius 3 is 2.68 bits per heavy atom. The van der Waals surface area contributed by atoms with Gasteiger partial charge in [0, 0.05) is 26.7 Å². The highest BCUT2D eigenvalue weighted by molar-refractivity contribution is 5.78. The Morgan fingerprint density at radius 1 is 1.53 bits per heavy atom. The zero-order chi connectivity index (χ0) is 14.5. The quantitative estimate of drug-likeness (QED) is 0.671. The van der Waals surface area contributed by atoms with Crippen molar-refractivity contribution in [2.24, 2.45) is 0 Å². The molecular weight excluding hydrogens is 250 g/mol. The van der Waals surface area contributed by atoms with Crippen molar-refractivity contribution in [3.63, 3.8) is 0 Å². The van der Waals surface area contributed by atoms with Gasteiger partial charge in [-0.25, -0.2) is 4.79 Å². The summed E-state index contributed by atoms with van der Waals surface area (Å²) in [5, 5.41) is 17.0. The summed E-state index contributed by atoms with van der Waals surface area (Å²) in [5.41, 5.74) is -0.482. The van der Waals surface area contributed by atoms with Crippen LogP contribution in [0.25, 0.3) is 0 Å². The molecule has 19 heavy (non-hydrogen) atoms. The molecule has 0 unspecified atom stereocenters. The van der Waals surface area contributed by atoms with Crippen molar-refractivity contribution in [1.29, 1.82) is 5.26 Å². The van der Waals surface area contributed by atoms with E-state index in [9.17, 15) is 9.59 Å². The lowest BCUT2D eigenvalue weighted by molar-refractivity contribution is -0.167. The summed E-state index contributed by atoms with van der Waals surface area (Å²) >= 11 is 0. The molecular formula is C12H19N3O4. The molecule has 1 fully saturated rings. The number of amides is 1. The van der Waals surface area contributed by atoms with Crippen molar-refractivity contribution in [1.82, 2.24) is 9.80 Å². The Hall–Kier alpha value is -1.65. The molecule has 1 rings (SSSR count). The molecule has 0 saturated carbocycles. The maximum absolute atomic E-state index is 11.8. The van der Waals surface area contributed by atoms with Gasteiger partial charge in [0.25, 0.3) is 0 Å². The highest BCUT2D eigenvalue weighted by Crippen LogP contribution is 2.24. The van der Waals surface area contributed by atoms with E-state index in [0.717, 1.165) is 0 Å². The molecule has 0 aromatic rings. The van der Waals surface area contributed by atoms with Crippen LogP contribution in [0.15, 0.2) is 0 Å². The monoisotopic (exact) mass is 269 g/mol. The minimum absolute atomic E-state index is 0.0458. The molecule has 106 valence electrons. The Morgan fingerprint density at radius 2 is 2.16 bits per heavy atom. The minimum Gasteiger partial charge on any atom is -0.480 e. The van der Waals surface area contributed by atoms with Gasteiger partial charge in [0.05, 0.1) is 24.6 Å². The molecule has 1 N–H and O–H groups in total. The maximum atomic E-state index is 11.8. The second-order valence-corrected chi connectivity index (χ2v) is 5.00. The first-order valence-corrected chi connectivity index (χ1v) is 6.05. The van der Waals surface area contributed by atoms with E-state index in [1.165, 1.54) is 4.90 Å². The van der Waals surface area contributed by atoms with Gasteiger partial charge in [0.2, 0.25) is 5.91 Å². The molecule has 0 aromatic heterocycles. The van der Waals surface area contributed by atoms with Gasteiger partial charge in [0.15, 0.2) is 0 Å². The molecule has 0 bridgehead atoms. The fourth-order valence-corrected chi connectivity index (χ4v) is 1.99. The first kappa shape index (κ1) is 15.4. The van der Waals surface area contributed by atoms with Gasteiger partial charge in [-0.05, 0) is 6.92 Å². The molecule has 0 atom stereocenters. The van der Waals surface area contributed by atoms with Crippen LogP contribution in [0.4, 0.5) is 0 Å². The van der Waals surface area contributed by atoms with Crippen LogP contribution in [-0.4, -0.2) is 72.2 Å². The molecule has 1 aliphatic rings. The molecule has 1 saturated heterocycles. The third-order valence-corrected chi connectivity index (χ3v) is 3.00. The Bertz CT molecular complexity index is 385. The third kappa shape index (κ3) is 4.85. The van der Waals surface area contributed by atoms with Gasteiger partial charge in [-0.3, -0.25) is 9.69 Å². The normalized spacial score (nSPS) is 17.3. The summed E-state index contributed by atoms with van der Waals surface area (Å²) in [7, 11) is 1.67. The summed E-state index contributed by atoms with van der Waals surface area (Å²) in [6.07, 6.45) is 0.321. The standard InChI is InChI=1S/C12H19N3O4/c1-12(19-7-11(17)18)8-15(9-12)6-10(16)14(2)5-3-4-13/h3,5-9H2,1-2H3,(H,17,18). The van der Waals surface area contributed by atoms with Gasteiger partial charge < -0.3 is 14.7 Å². The highest BCUT2D eigenvalue weighted by atomic mass is 16.5. The molecule has 0 aliphatic carbocycles. The average molecular weight is 269 g/mol. The zero-order valence-electron chi connectivity index (χ0n) is 11.3. The molecule has 7 nitrogen and oxygen atoms in total. The van der Waals surface area contributed by atoms with E-state index >= 15 is 0 Å². The molecule has 0 aromatic carbocycles. The Balaban J connectivity index is 2.25. The van der Waals surface area contributed by atoms with E-state index in [1.807, 2.05) is 17.9 Å². The summed E-state index contributed by atoms with van der Waals surface area (Å²) in [5.74, 6) is -1.04. The average Bonchev–Trinajstić information content (AvgIpc) is 2.31. The largest absolute Gasteiger partial charge is 0.480 e. The SMILES string of the molecule is CN(CCC#N)C(=O)CN1CC(C)(OCC(=O)O)C1. The van der Waals surface area contributed by atoms with Crippen LogP contribution in [0.2, 0.25) is 0 Å². The van der Waals surface area contributed by atoms with E-state index in [-0.39, 0.29) is 19.1 Å². The second kappa shape index (κ2) is 6.50. The van der Waals surface area contributed by atoms with Gasteiger partial charge in [-0.2, -0.15) is 5.26 Å². The predicted octanol–water partition coefficient (Wildman–Crippen LogP) is -0.466. The fraction of sp³-hybridized carbons (Fsp3) is 0.750. The van der Waals surface area contributed by atoms with Crippen LogP contribution in [0, 0.1) is 11.3 Å². The number of likely N-dealkylation sites (tertiary alicyclic amines) is 1. The summed E-state index contributed by atoms with van der Waals surface area (Å²) in [6, 6.07) is 1.99. The van der Waals surface area contributed by atoms with Crippen LogP contribution in [0.5, 0.6) is 0 Å². The van der Waals surface area contributed by atoms with Crippen LogP contribution in [0.1, 0.15) is 13.3 Å². The van der Waals surface area contributed by atoms with Gasteiger partial charge in [0.1, 0.15) is 6.61 Å². The molecule has 1 amide bonds. The zero-order valence-corrected chi connectivity index (χ0v) is 11.3. The second-order valence-electron chi connectivity index (χ2n) is 5.00. The molecule has 0 radical (unpaired) electrons. The van der Waals surface area contributed by atoms with Crippen molar-refractivity contribution in [2.75, 3.05) is 39.8 Å². The van der Waals surface area contributed by atoms with Crippen molar-refractivity contribution in [3.8, 4) is 6.07 Å². The minimum atomic E-state index is -0.994. The lowest BCUT2D eigenvalue weighted by atomic mass is 9.96. The molecule has 1 heterocycles. The fourth-order valence-electron chi connectivity index (χ4n) is 1.99. The number of hydrogen-bond acceptors (Lipinski definition) is 5. The summed E-state index contributed by atoms with van der Waals surface area (Å²) < 4.78 is 5.25. The van der Waals surface area contributed by atoms with Crippen LogP contribution >= 0.6 is 0 Å². The van der Waals surface area contributed by atoms with Crippen LogP contribution < -0.4 is 0 Å². The third-order valence-electron chi connectivity index (χ3n) is 3.00. The molecule has 1 aliphatic heterocycles. The number of aliphatic carboxylic acids is 1. The van der Waals surface area contributed by atoms with E-state index in [2.05, 4.69) is 0 Å². The number of nitriles is 1. The molecule has 0 spiro atoms. The van der Waals surface area contributed by atoms with E-state index in [4.69, 9.17) is 15.1 Å². The first-order valence-electron chi connectivity index (χ1n) is 6.05. The number of ether oxygens (including phenoxy) is 1. The number of carbonyl (C=O) groups excluding carboxylic acids is 1. The van der Waals surface area contributed by atoms with E-state index < -0.39 is 11.6 Å². The van der Waals surface area contributed by atoms with Crippen molar-refractivity contribution >= 4 is 11.9 Å². The Kier molecular flexibility index (Phi) is 5.27. The summed E-state index contributed by atoms with van der Waals surface area (Å²) in [6.45, 7) is 3.29. The summed E-state index contributed by atoms with van der Waals surface area (Å²) in [4.78, 5) is 25.6. The number of carboxylic acids is 1. The number of carboxylic acid groups (broad SMARTS) is 1. The number of hydrogen-bond donors (Lipinski definition) is 1. The highest BCUT2D eigenvalue weighted by Gasteiger charge is 2.41. The number of carbonyl (C=O) groups is 2. The Labute approximate surface area is 112 Å². The van der Waals surface area contributed by atoms with Crippen LogP contribution in [0.3, 0.4) is 0 Å². The smallest absolute Gasteiger partial charge is 0.329 e. The van der Waals surface area contributed by atoms with Crippen LogP contribution in [-0.2, 0) is 14.3 Å². The van der Waals surface area contributed by atoms with Gasteiger partial charge in [-0.15, -0.1) is 0 Å². The number of nitrogens with zero attached hydrogens (tertiary/aromatic N) is 3. The maximum Gasteiger partial charge on any atom is 0.329 e. The van der Waals surface area contributed by atoms with E-state index in [1.54, 1.807) is 7.05 Å². The lowest BCUT2D eigenvalue weighted by Gasteiger charge is -2.47. The lowest BCUT2D eigenvalue weighted by Crippen LogP contribution is -2.63. The topological polar surface area (TPSA) is 93.9 Å². The predicted molar refractivity (Wildman–Crippen MR) is 66.3 cm³/mol. The van der Waals surface area contributed by atoms with Crippen molar-refractivity contribution in [2.45, 2.75) is 18.9 Å². The van der Waals surface area contributed by atoms with Gasteiger partial charge in [-0.1, -0.05) is 0 Å². The number of rotatable bonds is 7. The number of likely N-dealkylation sites (N-methyl/N-ethyl adjacent to an activating group) is 1. The van der Waals surface area contributed by atoms with Gasteiger partial charge >= 0.3 is 5.97 Å². The first-order chi connectivity index (χ1) is 8.86.